The van der Waals surface area contributed by atoms with Gasteiger partial charge >= 0.3 is 7.60 Å². The molecule has 10 heteroatoms. The monoisotopic (exact) mass is 406 g/mol. The smallest absolute Gasteiger partial charge is 0.365 e. The third-order valence-electron chi connectivity index (χ3n) is 4.30. The number of ether oxygens (including phenoxy) is 2. The van der Waals surface area contributed by atoms with Gasteiger partial charge in [-0.1, -0.05) is 12.1 Å². The van der Waals surface area contributed by atoms with E-state index >= 15 is 0 Å². The Balaban J connectivity index is 1.31. The molecule has 2 atom stereocenters. The molecule has 9 nitrogen and oxygen atoms in total. The fourth-order valence-electron chi connectivity index (χ4n) is 2.87. The number of amides is 1. The summed E-state index contributed by atoms with van der Waals surface area (Å²) < 4.78 is 33.6. The Morgan fingerprint density at radius 3 is 2.79 bits per heavy atom. The first-order chi connectivity index (χ1) is 13.5. The topological polar surface area (TPSA) is 116 Å². The molecule has 148 valence electrons. The summed E-state index contributed by atoms with van der Waals surface area (Å²) in [6.07, 6.45) is 1.10. The number of anilines is 1. The zero-order chi connectivity index (χ0) is 19.6. The van der Waals surface area contributed by atoms with Crippen LogP contribution in [0.2, 0.25) is 0 Å². The summed E-state index contributed by atoms with van der Waals surface area (Å²) in [4.78, 5) is 16.2. The lowest BCUT2D eigenvalue weighted by Gasteiger charge is -2.25. The fraction of sp³-hybridized carbons (Fsp3) is 0.333. The van der Waals surface area contributed by atoms with Gasteiger partial charge in [-0.2, -0.15) is 0 Å². The Bertz CT molecular complexity index is 895. The quantitative estimate of drug-likeness (QED) is 0.703. The standard InChI is InChI=1S/C18H19N2O7P/c21-17-16(27-15-4-2-1-3-13(15)20-17)7-8-24-12-5-6-14(19-11-12)18(22)28(23)25-9-10-26-28/h1-6,11,16,18,22H,7-10H2,(H,20,21). The van der Waals surface area contributed by atoms with Crippen LogP contribution in [0.15, 0.2) is 42.6 Å². The number of aromatic nitrogens is 1. The van der Waals surface area contributed by atoms with Crippen LogP contribution in [0, 0.1) is 0 Å². The van der Waals surface area contributed by atoms with Gasteiger partial charge in [0.25, 0.3) is 5.91 Å². The summed E-state index contributed by atoms with van der Waals surface area (Å²) in [6, 6.07) is 10.3. The summed E-state index contributed by atoms with van der Waals surface area (Å²) in [7, 11) is -3.58. The molecule has 0 spiro atoms. The van der Waals surface area contributed by atoms with Crippen molar-refractivity contribution in [2.24, 2.45) is 0 Å². The number of carbonyl (C=O) groups excluding carboxylic acids is 1. The van der Waals surface area contributed by atoms with Gasteiger partial charge in [0.15, 0.2) is 11.9 Å². The summed E-state index contributed by atoms with van der Waals surface area (Å²) >= 11 is 0. The second kappa shape index (κ2) is 7.89. The Hall–Kier alpha value is -2.45. The van der Waals surface area contributed by atoms with Gasteiger partial charge in [-0.3, -0.25) is 14.3 Å². The van der Waals surface area contributed by atoms with Crippen LogP contribution in [0.5, 0.6) is 11.5 Å². The molecule has 1 fully saturated rings. The zero-order valence-electron chi connectivity index (χ0n) is 14.8. The van der Waals surface area contributed by atoms with Crippen molar-refractivity contribution in [1.29, 1.82) is 0 Å². The van der Waals surface area contributed by atoms with E-state index in [-0.39, 0.29) is 31.4 Å². The van der Waals surface area contributed by atoms with Crippen molar-refractivity contribution >= 4 is 19.2 Å². The highest BCUT2D eigenvalue weighted by Gasteiger charge is 2.40. The van der Waals surface area contributed by atoms with Crippen molar-refractivity contribution in [3.63, 3.8) is 0 Å². The van der Waals surface area contributed by atoms with Crippen LogP contribution in [0.1, 0.15) is 18.0 Å². The van der Waals surface area contributed by atoms with Crippen LogP contribution in [-0.2, 0) is 18.4 Å². The minimum atomic E-state index is -3.58. The number of para-hydroxylation sites is 2. The predicted octanol–water partition coefficient (Wildman–Crippen LogP) is 2.48. The largest absolute Gasteiger partial charge is 0.492 e. The van der Waals surface area contributed by atoms with Crippen molar-refractivity contribution in [3.8, 4) is 11.5 Å². The number of aliphatic hydroxyl groups is 1. The maximum Gasteiger partial charge on any atom is 0.365 e. The van der Waals surface area contributed by atoms with Gasteiger partial charge in [-0.25, -0.2) is 0 Å². The van der Waals surface area contributed by atoms with Crippen molar-refractivity contribution in [2.45, 2.75) is 18.4 Å². The molecule has 0 radical (unpaired) electrons. The molecule has 1 aromatic carbocycles. The van der Waals surface area contributed by atoms with Gasteiger partial charge in [0.2, 0.25) is 0 Å². The molecule has 28 heavy (non-hydrogen) atoms. The van der Waals surface area contributed by atoms with Gasteiger partial charge in [-0.15, -0.1) is 0 Å². The fourth-order valence-corrected chi connectivity index (χ4v) is 4.36. The predicted molar refractivity (Wildman–Crippen MR) is 98.3 cm³/mol. The molecule has 1 aromatic heterocycles. The summed E-state index contributed by atoms with van der Waals surface area (Å²) in [5.41, 5.74) is 0.821. The first kappa shape index (κ1) is 18.9. The van der Waals surface area contributed by atoms with Crippen molar-refractivity contribution in [3.05, 3.63) is 48.3 Å². The molecule has 0 aliphatic carbocycles. The van der Waals surface area contributed by atoms with Gasteiger partial charge in [0, 0.05) is 6.42 Å². The molecule has 1 amide bonds. The molecule has 1 saturated heterocycles. The highest BCUT2D eigenvalue weighted by molar-refractivity contribution is 7.54. The molecule has 2 aliphatic rings. The number of carbonyl (C=O) groups is 1. The van der Waals surface area contributed by atoms with E-state index in [0.29, 0.717) is 23.6 Å². The van der Waals surface area contributed by atoms with Gasteiger partial charge in [0.1, 0.15) is 11.5 Å². The van der Waals surface area contributed by atoms with E-state index in [2.05, 4.69) is 10.3 Å². The molecule has 2 unspecified atom stereocenters. The Morgan fingerprint density at radius 1 is 1.25 bits per heavy atom. The van der Waals surface area contributed by atoms with Crippen LogP contribution >= 0.6 is 7.60 Å². The number of pyridine rings is 1. The number of rotatable bonds is 6. The second-order valence-electron chi connectivity index (χ2n) is 6.23. The first-order valence-corrected chi connectivity index (χ1v) is 10.4. The minimum Gasteiger partial charge on any atom is -0.492 e. The summed E-state index contributed by atoms with van der Waals surface area (Å²) in [6.45, 7) is 0.586. The average Bonchev–Trinajstić information content (AvgIpc) is 3.16. The number of aliphatic hydroxyl groups excluding tert-OH is 1. The summed E-state index contributed by atoms with van der Waals surface area (Å²) in [5, 5.41) is 12.9. The lowest BCUT2D eigenvalue weighted by molar-refractivity contribution is -0.124. The molecule has 3 heterocycles. The number of nitrogens with zero attached hydrogens (tertiary/aromatic N) is 1. The number of hydrogen-bond acceptors (Lipinski definition) is 8. The number of hydrogen-bond donors (Lipinski definition) is 2. The highest BCUT2D eigenvalue weighted by atomic mass is 31.2. The maximum absolute atomic E-state index is 12.2. The van der Waals surface area contributed by atoms with Crippen LogP contribution < -0.4 is 14.8 Å². The van der Waals surface area contributed by atoms with E-state index in [0.717, 1.165) is 0 Å². The third-order valence-corrected chi connectivity index (χ3v) is 6.25. The molecule has 2 aromatic rings. The lowest BCUT2D eigenvalue weighted by Crippen LogP contribution is -2.38. The van der Waals surface area contributed by atoms with E-state index < -0.39 is 19.5 Å². The highest BCUT2D eigenvalue weighted by Crippen LogP contribution is 2.61. The van der Waals surface area contributed by atoms with Crippen molar-refractivity contribution in [2.75, 3.05) is 25.1 Å². The Morgan fingerprint density at radius 2 is 2.04 bits per heavy atom. The molecule has 0 saturated carbocycles. The van der Waals surface area contributed by atoms with E-state index in [1.807, 2.05) is 12.1 Å². The van der Waals surface area contributed by atoms with Gasteiger partial charge in [0.05, 0.1) is 37.4 Å². The zero-order valence-corrected chi connectivity index (χ0v) is 15.7. The second-order valence-corrected chi connectivity index (χ2v) is 8.31. The van der Waals surface area contributed by atoms with Crippen LogP contribution in [-0.4, -0.2) is 41.9 Å². The van der Waals surface area contributed by atoms with E-state index in [1.165, 1.54) is 12.3 Å². The van der Waals surface area contributed by atoms with E-state index in [4.69, 9.17) is 18.5 Å². The van der Waals surface area contributed by atoms with Crippen LogP contribution in [0.4, 0.5) is 5.69 Å². The molecule has 4 rings (SSSR count). The number of fused-ring (bicyclic) bond motifs is 1. The van der Waals surface area contributed by atoms with Crippen LogP contribution in [0.3, 0.4) is 0 Å². The minimum absolute atomic E-state index is 0.171. The van der Waals surface area contributed by atoms with Crippen molar-refractivity contribution in [1.82, 2.24) is 4.98 Å². The molecule has 0 bridgehead atoms. The number of benzene rings is 1. The normalized spacial score (nSPS) is 21.3. The molecule has 2 aliphatic heterocycles. The van der Waals surface area contributed by atoms with Gasteiger partial charge in [-0.05, 0) is 24.3 Å². The molecular weight excluding hydrogens is 387 g/mol. The first-order valence-electron chi connectivity index (χ1n) is 8.77. The Kier molecular flexibility index (Phi) is 5.32. The third kappa shape index (κ3) is 3.88. The SMILES string of the molecule is O=C1Nc2ccccc2OC1CCOc1ccc(C(O)P2(=O)OCCO2)nc1. The average molecular weight is 406 g/mol. The maximum atomic E-state index is 12.2. The van der Waals surface area contributed by atoms with Crippen LogP contribution in [0.25, 0.3) is 0 Å². The van der Waals surface area contributed by atoms with Gasteiger partial charge < -0.3 is 28.9 Å². The Labute approximate surface area is 161 Å². The summed E-state index contributed by atoms with van der Waals surface area (Å²) in [5.74, 6) is -0.596. The van der Waals surface area contributed by atoms with Crippen molar-refractivity contribution < 1.29 is 33.0 Å². The van der Waals surface area contributed by atoms with E-state index in [9.17, 15) is 14.5 Å². The molecule has 2 N–H and O–H groups in total. The lowest BCUT2D eigenvalue weighted by atomic mass is 10.2. The molecular formula is C18H19N2O7P. The van der Waals surface area contributed by atoms with E-state index in [1.54, 1.807) is 18.2 Å². The number of nitrogens with one attached hydrogen (secondary N) is 1.